The standard InChI is InChI=1S/C32H35N5O3/c1-24-8-12-27(13-9-24)31(39)36(17-16-35-18-20-40-21-19-35)23-30(38)34-32-33-29(26-6-4-3-5-7-26)22-37(32)28-14-10-25(2)11-15-28/h3-15,22H,16-21,23H2,1-2H3,(H,33,34,38). The normalized spacial score (nSPS) is 13.7. The molecule has 0 saturated carbocycles. The molecule has 4 aromatic rings. The Morgan fingerprint density at radius 1 is 0.900 bits per heavy atom. The van der Waals surface area contributed by atoms with Crippen LogP contribution in [0.15, 0.2) is 85.1 Å². The molecule has 8 nitrogen and oxygen atoms in total. The van der Waals surface area contributed by atoms with Gasteiger partial charge in [-0.25, -0.2) is 4.98 Å². The number of carbonyl (C=O) groups excluding carboxylic acids is 2. The predicted octanol–water partition coefficient (Wildman–Crippen LogP) is 4.57. The van der Waals surface area contributed by atoms with Crippen molar-refractivity contribution in [3.63, 3.8) is 0 Å². The van der Waals surface area contributed by atoms with Crippen LogP contribution in [0.1, 0.15) is 21.5 Å². The van der Waals surface area contributed by atoms with Crippen molar-refractivity contribution in [2.75, 3.05) is 51.3 Å². The van der Waals surface area contributed by atoms with Crippen LogP contribution in [0.4, 0.5) is 5.95 Å². The van der Waals surface area contributed by atoms with E-state index in [-0.39, 0.29) is 18.4 Å². The molecule has 206 valence electrons. The summed E-state index contributed by atoms with van der Waals surface area (Å²) in [5, 5.41) is 2.98. The van der Waals surface area contributed by atoms with E-state index in [0.717, 1.165) is 41.2 Å². The van der Waals surface area contributed by atoms with Gasteiger partial charge < -0.3 is 9.64 Å². The van der Waals surface area contributed by atoms with Gasteiger partial charge in [0.2, 0.25) is 11.9 Å². The molecule has 2 heterocycles. The topological polar surface area (TPSA) is 79.7 Å². The zero-order valence-electron chi connectivity index (χ0n) is 23.0. The van der Waals surface area contributed by atoms with Crippen molar-refractivity contribution in [1.29, 1.82) is 0 Å². The highest BCUT2D eigenvalue weighted by Crippen LogP contribution is 2.24. The second kappa shape index (κ2) is 12.7. The van der Waals surface area contributed by atoms with Crippen molar-refractivity contribution < 1.29 is 14.3 Å². The fourth-order valence-electron chi connectivity index (χ4n) is 4.67. The molecule has 0 radical (unpaired) electrons. The van der Waals surface area contributed by atoms with Crippen molar-refractivity contribution in [3.8, 4) is 16.9 Å². The van der Waals surface area contributed by atoms with Gasteiger partial charge in [0, 0.05) is 49.2 Å². The first-order valence-corrected chi connectivity index (χ1v) is 13.6. The summed E-state index contributed by atoms with van der Waals surface area (Å²) < 4.78 is 7.33. The highest BCUT2D eigenvalue weighted by molar-refractivity contribution is 5.99. The maximum atomic E-state index is 13.5. The lowest BCUT2D eigenvalue weighted by molar-refractivity contribution is -0.117. The lowest BCUT2D eigenvalue weighted by Crippen LogP contribution is -2.45. The van der Waals surface area contributed by atoms with Gasteiger partial charge in [-0.05, 0) is 38.1 Å². The van der Waals surface area contributed by atoms with E-state index in [9.17, 15) is 9.59 Å². The quantitative estimate of drug-likeness (QED) is 0.338. The van der Waals surface area contributed by atoms with Gasteiger partial charge in [0.15, 0.2) is 0 Å². The SMILES string of the molecule is Cc1ccc(C(=O)N(CCN2CCOCC2)CC(=O)Nc2nc(-c3ccccc3)cn2-c2ccc(C)cc2)cc1. The summed E-state index contributed by atoms with van der Waals surface area (Å²) in [4.78, 5) is 35.6. The van der Waals surface area contributed by atoms with Crippen LogP contribution in [0, 0.1) is 13.8 Å². The van der Waals surface area contributed by atoms with Crippen LogP contribution in [-0.2, 0) is 9.53 Å². The summed E-state index contributed by atoms with van der Waals surface area (Å²) in [6, 6.07) is 25.3. The largest absolute Gasteiger partial charge is 0.379 e. The van der Waals surface area contributed by atoms with Crippen LogP contribution in [0.5, 0.6) is 0 Å². The Balaban J connectivity index is 1.38. The molecule has 0 spiro atoms. The highest BCUT2D eigenvalue weighted by atomic mass is 16.5. The number of aryl methyl sites for hydroxylation is 2. The number of hydrogen-bond donors (Lipinski definition) is 1. The Bertz CT molecular complexity index is 1430. The van der Waals surface area contributed by atoms with E-state index >= 15 is 0 Å². The van der Waals surface area contributed by atoms with E-state index in [1.807, 2.05) is 103 Å². The van der Waals surface area contributed by atoms with Crippen LogP contribution in [0.25, 0.3) is 16.9 Å². The highest BCUT2D eigenvalue weighted by Gasteiger charge is 2.22. The Hall–Kier alpha value is -4.27. The number of nitrogens with zero attached hydrogens (tertiary/aromatic N) is 4. The fraction of sp³-hybridized carbons (Fsp3) is 0.281. The second-order valence-corrected chi connectivity index (χ2v) is 10.1. The first-order chi connectivity index (χ1) is 19.5. The van der Waals surface area contributed by atoms with Crippen molar-refractivity contribution in [2.45, 2.75) is 13.8 Å². The van der Waals surface area contributed by atoms with Gasteiger partial charge in [-0.1, -0.05) is 65.7 Å². The Kier molecular flexibility index (Phi) is 8.68. The summed E-state index contributed by atoms with van der Waals surface area (Å²) in [5.74, 6) is -0.0695. The number of benzene rings is 3. The fourth-order valence-corrected chi connectivity index (χ4v) is 4.67. The van der Waals surface area contributed by atoms with E-state index in [0.29, 0.717) is 37.8 Å². The second-order valence-electron chi connectivity index (χ2n) is 10.1. The molecule has 3 aromatic carbocycles. The first kappa shape index (κ1) is 27.3. The number of aromatic nitrogens is 2. The predicted molar refractivity (Wildman–Crippen MR) is 157 cm³/mol. The zero-order chi connectivity index (χ0) is 27.9. The van der Waals surface area contributed by atoms with Gasteiger partial charge in [0.1, 0.15) is 6.54 Å². The minimum Gasteiger partial charge on any atom is -0.379 e. The third kappa shape index (κ3) is 6.83. The molecule has 5 rings (SSSR count). The maximum absolute atomic E-state index is 13.5. The van der Waals surface area contributed by atoms with E-state index in [2.05, 4.69) is 10.2 Å². The first-order valence-electron chi connectivity index (χ1n) is 13.6. The molecular formula is C32H35N5O3. The summed E-state index contributed by atoms with van der Waals surface area (Å²) in [6.45, 7) is 8.02. The number of imidazole rings is 1. The summed E-state index contributed by atoms with van der Waals surface area (Å²) in [6.07, 6.45) is 1.92. The number of amides is 2. The Morgan fingerprint density at radius 3 is 2.23 bits per heavy atom. The molecule has 0 aliphatic carbocycles. The van der Waals surface area contributed by atoms with Gasteiger partial charge in [0.25, 0.3) is 5.91 Å². The lowest BCUT2D eigenvalue weighted by Gasteiger charge is -2.30. The molecule has 1 aliphatic heterocycles. The molecule has 1 N–H and O–H groups in total. The summed E-state index contributed by atoms with van der Waals surface area (Å²) in [5.41, 5.74) is 5.36. The molecule has 1 saturated heterocycles. The Morgan fingerprint density at radius 2 is 1.55 bits per heavy atom. The lowest BCUT2D eigenvalue weighted by atomic mass is 10.1. The van der Waals surface area contributed by atoms with Gasteiger partial charge in [0.05, 0.1) is 18.9 Å². The summed E-state index contributed by atoms with van der Waals surface area (Å²) >= 11 is 0. The zero-order valence-corrected chi connectivity index (χ0v) is 23.0. The van der Waals surface area contributed by atoms with Gasteiger partial charge in [-0.2, -0.15) is 0 Å². The van der Waals surface area contributed by atoms with Crippen molar-refractivity contribution >= 4 is 17.8 Å². The van der Waals surface area contributed by atoms with Gasteiger partial charge in [-0.3, -0.25) is 24.4 Å². The molecule has 2 amide bonds. The monoisotopic (exact) mass is 537 g/mol. The maximum Gasteiger partial charge on any atom is 0.254 e. The van der Waals surface area contributed by atoms with E-state index in [1.54, 1.807) is 4.90 Å². The molecule has 1 fully saturated rings. The molecule has 0 unspecified atom stereocenters. The van der Waals surface area contributed by atoms with Gasteiger partial charge >= 0.3 is 0 Å². The molecule has 1 aromatic heterocycles. The number of hydrogen-bond acceptors (Lipinski definition) is 5. The molecule has 0 bridgehead atoms. The van der Waals surface area contributed by atoms with E-state index in [4.69, 9.17) is 9.72 Å². The number of carbonyl (C=O) groups is 2. The van der Waals surface area contributed by atoms with Crippen LogP contribution in [0.2, 0.25) is 0 Å². The van der Waals surface area contributed by atoms with Crippen LogP contribution < -0.4 is 5.32 Å². The summed E-state index contributed by atoms with van der Waals surface area (Å²) in [7, 11) is 0. The van der Waals surface area contributed by atoms with Crippen LogP contribution in [-0.4, -0.2) is 77.1 Å². The van der Waals surface area contributed by atoms with Crippen LogP contribution in [0.3, 0.4) is 0 Å². The number of nitrogens with one attached hydrogen (secondary N) is 1. The molecular weight excluding hydrogens is 502 g/mol. The number of morpholine rings is 1. The van der Waals surface area contributed by atoms with Crippen molar-refractivity contribution in [3.05, 3.63) is 102 Å². The average molecular weight is 538 g/mol. The van der Waals surface area contributed by atoms with Crippen molar-refractivity contribution in [2.24, 2.45) is 0 Å². The number of ether oxygens (including phenoxy) is 1. The Labute approximate surface area is 235 Å². The van der Waals surface area contributed by atoms with Crippen LogP contribution >= 0.6 is 0 Å². The van der Waals surface area contributed by atoms with E-state index in [1.165, 1.54) is 0 Å². The number of rotatable bonds is 9. The smallest absolute Gasteiger partial charge is 0.254 e. The third-order valence-corrected chi connectivity index (χ3v) is 7.05. The minimum absolute atomic E-state index is 0.0848. The average Bonchev–Trinajstić information content (AvgIpc) is 3.40. The molecule has 0 atom stereocenters. The molecule has 40 heavy (non-hydrogen) atoms. The number of anilines is 1. The molecule has 8 heteroatoms. The molecule has 1 aliphatic rings. The van der Waals surface area contributed by atoms with Gasteiger partial charge in [-0.15, -0.1) is 0 Å². The van der Waals surface area contributed by atoms with Crippen molar-refractivity contribution in [1.82, 2.24) is 19.4 Å². The van der Waals surface area contributed by atoms with E-state index < -0.39 is 0 Å². The third-order valence-electron chi connectivity index (χ3n) is 7.05. The minimum atomic E-state index is -0.305.